The van der Waals surface area contributed by atoms with E-state index in [2.05, 4.69) is 0 Å². The van der Waals surface area contributed by atoms with Crippen molar-refractivity contribution in [3.8, 4) is 0 Å². The Hall–Kier alpha value is -2.57. The lowest BCUT2D eigenvalue weighted by molar-refractivity contribution is -0.508. The molecule has 3 rings (SSSR count). The lowest BCUT2D eigenvalue weighted by Crippen LogP contribution is -2.45. The van der Waals surface area contributed by atoms with Gasteiger partial charge in [0.15, 0.2) is 5.78 Å². The van der Waals surface area contributed by atoms with E-state index < -0.39 is 28.6 Å². The number of hydrogen-bond donors (Lipinski definition) is 1. The van der Waals surface area contributed by atoms with E-state index in [1.165, 1.54) is 24.3 Å². The predicted molar refractivity (Wildman–Crippen MR) is 83.8 cm³/mol. The van der Waals surface area contributed by atoms with E-state index in [1.807, 2.05) is 13.8 Å². The van der Waals surface area contributed by atoms with Crippen LogP contribution in [-0.2, 0) is 9.53 Å². The zero-order valence-electron chi connectivity index (χ0n) is 13.3. The maximum Gasteiger partial charge on any atom is 0.297 e. The summed E-state index contributed by atoms with van der Waals surface area (Å²) in [6, 6.07) is 3.75. The van der Waals surface area contributed by atoms with E-state index in [0.717, 1.165) is 0 Å². The second-order valence-corrected chi connectivity index (χ2v) is 7.00. The first-order chi connectivity index (χ1) is 11.2. The molecule has 24 heavy (non-hydrogen) atoms. The molecule has 1 aliphatic heterocycles. The summed E-state index contributed by atoms with van der Waals surface area (Å²) in [5.41, 5.74) is 0.357. The zero-order chi connectivity index (χ0) is 17.6. The Morgan fingerprint density at radius 1 is 1.29 bits per heavy atom. The third kappa shape index (κ3) is 2.70. The fourth-order valence-electron chi connectivity index (χ4n) is 3.45. The predicted octanol–water partition coefficient (Wildman–Crippen LogP) is 3.21. The number of rotatable bonds is 2. The van der Waals surface area contributed by atoms with E-state index in [9.17, 15) is 19.3 Å². The zero-order valence-corrected chi connectivity index (χ0v) is 13.3. The summed E-state index contributed by atoms with van der Waals surface area (Å²) in [4.78, 5) is 23.5. The molecule has 2 unspecified atom stereocenters. The van der Waals surface area contributed by atoms with Crippen LogP contribution in [0.4, 0.5) is 4.39 Å². The van der Waals surface area contributed by atoms with Gasteiger partial charge in [-0.15, -0.1) is 0 Å². The summed E-state index contributed by atoms with van der Waals surface area (Å²) < 4.78 is 18.6. The first-order valence-electron chi connectivity index (χ1n) is 7.61. The molecule has 0 aromatic heterocycles. The highest BCUT2D eigenvalue weighted by atomic mass is 19.1. The number of Topliss-reactive ketones (excluding diaryl/α,β-unsaturated/α-hetero) is 1. The highest BCUT2D eigenvalue weighted by molar-refractivity contribution is 6.01. The van der Waals surface area contributed by atoms with Gasteiger partial charge in [-0.1, -0.05) is 26.0 Å². The molecule has 0 spiro atoms. The molecule has 2 aliphatic rings. The van der Waals surface area contributed by atoms with Gasteiger partial charge in [-0.3, -0.25) is 20.3 Å². The van der Waals surface area contributed by atoms with Crippen molar-refractivity contribution in [2.75, 3.05) is 0 Å². The molecule has 0 amide bonds. The molecule has 1 aliphatic carbocycles. The highest BCUT2D eigenvalue weighted by Crippen LogP contribution is 2.46. The van der Waals surface area contributed by atoms with Gasteiger partial charge in [0, 0.05) is 23.3 Å². The van der Waals surface area contributed by atoms with Gasteiger partial charge in [-0.05, 0) is 23.1 Å². The van der Waals surface area contributed by atoms with E-state index in [-0.39, 0.29) is 23.2 Å². The van der Waals surface area contributed by atoms with Crippen LogP contribution in [0, 0.1) is 26.8 Å². The summed E-state index contributed by atoms with van der Waals surface area (Å²) in [7, 11) is 0. The van der Waals surface area contributed by atoms with E-state index in [0.29, 0.717) is 17.7 Å². The van der Waals surface area contributed by atoms with Crippen LogP contribution in [0.5, 0.6) is 0 Å². The van der Waals surface area contributed by atoms with Gasteiger partial charge in [0.2, 0.25) is 0 Å². The number of carbonyl (C=O) groups is 1. The highest BCUT2D eigenvalue weighted by Gasteiger charge is 2.51. The van der Waals surface area contributed by atoms with Crippen LogP contribution in [0.25, 0.3) is 0 Å². The minimum absolute atomic E-state index is 0.213. The summed E-state index contributed by atoms with van der Waals surface area (Å²) in [5.74, 6) is -1.77. The number of halogens is 1. The third-order valence-corrected chi connectivity index (χ3v) is 4.46. The molecule has 1 aromatic carbocycles. The van der Waals surface area contributed by atoms with Crippen molar-refractivity contribution in [1.29, 1.82) is 5.41 Å². The van der Waals surface area contributed by atoms with Crippen molar-refractivity contribution < 1.29 is 18.8 Å². The second-order valence-electron chi connectivity index (χ2n) is 7.00. The van der Waals surface area contributed by atoms with E-state index in [1.54, 1.807) is 0 Å². The SMILES string of the molecule is CC1(C)CC(=O)C2=C(C1)OC(=N)C([N+](=O)[O-])C2c1ccc(F)cc1. The molecule has 6 nitrogen and oxygen atoms in total. The van der Waals surface area contributed by atoms with E-state index >= 15 is 0 Å². The lowest BCUT2D eigenvalue weighted by atomic mass is 9.70. The Balaban J connectivity index is 2.18. The first-order valence-corrected chi connectivity index (χ1v) is 7.61. The van der Waals surface area contributed by atoms with Crippen LogP contribution < -0.4 is 0 Å². The number of ketones is 1. The maximum absolute atomic E-state index is 13.2. The molecule has 1 aromatic rings. The Kier molecular flexibility index (Phi) is 3.74. The van der Waals surface area contributed by atoms with Gasteiger partial charge < -0.3 is 4.74 Å². The largest absolute Gasteiger partial charge is 0.441 e. The van der Waals surface area contributed by atoms with E-state index in [4.69, 9.17) is 10.1 Å². The van der Waals surface area contributed by atoms with Gasteiger partial charge in [0.25, 0.3) is 11.9 Å². The average Bonchev–Trinajstić information content (AvgIpc) is 2.44. The summed E-state index contributed by atoms with van der Waals surface area (Å²) in [6.45, 7) is 3.82. The Labute approximate surface area is 138 Å². The van der Waals surface area contributed by atoms with Crippen molar-refractivity contribution in [2.24, 2.45) is 5.41 Å². The number of benzene rings is 1. The molecule has 0 bridgehead atoms. The number of allylic oxidation sites excluding steroid dienone is 1. The van der Waals surface area contributed by atoms with Crippen LogP contribution >= 0.6 is 0 Å². The standard InChI is InChI=1S/C17H17FN2O4/c1-17(2)7-11(21)14-12(8-17)24-16(19)15(20(22)23)13(14)9-3-5-10(18)6-4-9/h3-6,13,15,19H,7-8H2,1-2H3. The molecule has 7 heteroatoms. The van der Waals surface area contributed by atoms with Gasteiger partial charge in [0.1, 0.15) is 11.6 Å². The van der Waals surface area contributed by atoms with Crippen molar-refractivity contribution >= 4 is 11.7 Å². The first kappa shape index (κ1) is 16.3. The topological polar surface area (TPSA) is 93.3 Å². The Morgan fingerprint density at radius 2 is 1.92 bits per heavy atom. The number of nitrogens with one attached hydrogen (secondary N) is 1. The van der Waals surface area contributed by atoms with Crippen LogP contribution in [0.1, 0.15) is 38.2 Å². The summed E-state index contributed by atoms with van der Waals surface area (Å²) in [6.07, 6.45) is 0.684. The second kappa shape index (κ2) is 5.51. The van der Waals surface area contributed by atoms with Crippen molar-refractivity contribution in [2.45, 2.75) is 38.6 Å². The number of hydrogen-bond acceptors (Lipinski definition) is 5. The lowest BCUT2D eigenvalue weighted by Gasteiger charge is -2.38. The number of ether oxygens (including phenoxy) is 1. The van der Waals surface area contributed by atoms with Gasteiger partial charge in [-0.2, -0.15) is 0 Å². The summed E-state index contributed by atoms with van der Waals surface area (Å²) in [5, 5.41) is 19.4. The van der Waals surface area contributed by atoms with Gasteiger partial charge >= 0.3 is 0 Å². The molecule has 1 heterocycles. The minimum atomic E-state index is -1.49. The van der Waals surface area contributed by atoms with Crippen molar-refractivity contribution in [3.63, 3.8) is 0 Å². The van der Waals surface area contributed by atoms with Gasteiger partial charge in [0.05, 0.1) is 5.92 Å². The molecular weight excluding hydrogens is 315 g/mol. The quantitative estimate of drug-likeness (QED) is 0.665. The maximum atomic E-state index is 13.2. The Morgan fingerprint density at radius 3 is 2.50 bits per heavy atom. The number of nitrogens with zero attached hydrogens (tertiary/aromatic N) is 1. The monoisotopic (exact) mass is 332 g/mol. The van der Waals surface area contributed by atoms with Crippen LogP contribution in [0.3, 0.4) is 0 Å². The Bertz CT molecular complexity index is 767. The smallest absolute Gasteiger partial charge is 0.297 e. The van der Waals surface area contributed by atoms with Crippen LogP contribution in [0.2, 0.25) is 0 Å². The summed E-state index contributed by atoms with van der Waals surface area (Å²) >= 11 is 0. The van der Waals surface area contributed by atoms with Gasteiger partial charge in [-0.25, -0.2) is 4.39 Å². The van der Waals surface area contributed by atoms with Crippen LogP contribution in [0.15, 0.2) is 35.6 Å². The number of carbonyl (C=O) groups excluding carboxylic acids is 1. The number of nitro groups is 1. The van der Waals surface area contributed by atoms with Crippen molar-refractivity contribution in [1.82, 2.24) is 0 Å². The molecule has 1 N–H and O–H groups in total. The fraction of sp³-hybridized carbons (Fsp3) is 0.412. The molecule has 2 atom stereocenters. The fourth-order valence-corrected chi connectivity index (χ4v) is 3.45. The van der Waals surface area contributed by atoms with Crippen molar-refractivity contribution in [3.05, 3.63) is 57.1 Å². The minimum Gasteiger partial charge on any atom is -0.441 e. The molecule has 126 valence electrons. The normalized spacial score (nSPS) is 26.0. The third-order valence-electron chi connectivity index (χ3n) is 4.46. The average molecular weight is 332 g/mol. The molecule has 0 saturated carbocycles. The molecule has 0 radical (unpaired) electrons. The molecule has 0 saturated heterocycles. The molecular formula is C17H17FN2O4. The molecule has 0 fully saturated rings. The van der Waals surface area contributed by atoms with Crippen LogP contribution in [-0.4, -0.2) is 22.6 Å².